The van der Waals surface area contributed by atoms with Crippen molar-refractivity contribution in [2.45, 2.75) is 45.0 Å². The van der Waals surface area contributed by atoms with Crippen LogP contribution in [-0.4, -0.2) is 46.9 Å². The summed E-state index contributed by atoms with van der Waals surface area (Å²) in [6.07, 6.45) is -0.261. The van der Waals surface area contributed by atoms with Gasteiger partial charge in [0.05, 0.1) is 16.2 Å². The normalized spacial score (nSPS) is 21.4. The van der Waals surface area contributed by atoms with Crippen LogP contribution in [0.15, 0.2) is 12.3 Å². The fourth-order valence-electron chi connectivity index (χ4n) is 2.27. The predicted octanol–water partition coefficient (Wildman–Crippen LogP) is 3.55. The first-order valence-electron chi connectivity index (χ1n) is 7.24. The van der Waals surface area contributed by atoms with Gasteiger partial charge in [0, 0.05) is 12.6 Å². The minimum absolute atomic E-state index is 0.0135. The molecule has 23 heavy (non-hydrogen) atoms. The third-order valence-electron chi connectivity index (χ3n) is 3.22. The van der Waals surface area contributed by atoms with Gasteiger partial charge in [-0.3, -0.25) is 4.90 Å². The molecule has 0 unspecified atom stereocenters. The van der Waals surface area contributed by atoms with Gasteiger partial charge in [0.1, 0.15) is 18.4 Å². The number of hydrogen-bond acceptors (Lipinski definition) is 4. The Morgan fingerprint density at radius 3 is 2.83 bits per heavy atom. The summed E-state index contributed by atoms with van der Waals surface area (Å²) in [5.74, 6) is -0.713. The Balaban J connectivity index is 2.04. The zero-order valence-electron chi connectivity index (χ0n) is 13.2. The van der Waals surface area contributed by atoms with Crippen LogP contribution in [0, 0.1) is 9.52 Å². The first-order chi connectivity index (χ1) is 10.7. The maximum absolute atomic E-state index is 13.7. The fraction of sp³-hybridized carbons (Fsp3) is 0.600. The minimum Gasteiger partial charge on any atom is -0.486 e. The van der Waals surface area contributed by atoms with E-state index in [1.807, 2.05) is 22.6 Å². The zero-order chi connectivity index (χ0) is 17.2. The lowest BCUT2D eigenvalue weighted by atomic mass is 10.2. The van der Waals surface area contributed by atoms with Crippen LogP contribution in [0.1, 0.15) is 27.2 Å². The number of carbonyl (C=O) groups excluding carboxylic acids is 1. The lowest BCUT2D eigenvalue weighted by Gasteiger charge is -2.28. The number of likely N-dealkylation sites (tertiary alicyclic amines) is 1. The molecule has 0 bridgehead atoms. The molecule has 1 aromatic heterocycles. The van der Waals surface area contributed by atoms with Gasteiger partial charge in [-0.05, 0) is 49.4 Å². The van der Waals surface area contributed by atoms with Gasteiger partial charge in [-0.25, -0.2) is 14.2 Å². The number of pyridine rings is 1. The van der Waals surface area contributed by atoms with Crippen molar-refractivity contribution < 1.29 is 23.0 Å². The van der Waals surface area contributed by atoms with Crippen LogP contribution < -0.4 is 4.74 Å². The van der Waals surface area contributed by atoms with E-state index in [1.54, 1.807) is 26.8 Å². The first-order valence-corrected chi connectivity index (χ1v) is 8.31. The monoisotopic (exact) mass is 440 g/mol. The van der Waals surface area contributed by atoms with Crippen molar-refractivity contribution in [3.63, 3.8) is 0 Å². The van der Waals surface area contributed by atoms with Crippen LogP contribution in [-0.2, 0) is 4.74 Å². The third-order valence-corrected chi connectivity index (χ3v) is 4.07. The number of halogens is 3. The molecular weight excluding hydrogens is 421 g/mol. The summed E-state index contributed by atoms with van der Waals surface area (Å²) in [6, 6.07) is 1.10. The molecule has 0 aromatic carbocycles. The van der Waals surface area contributed by atoms with Crippen molar-refractivity contribution >= 4 is 28.7 Å². The first kappa shape index (κ1) is 18.2. The van der Waals surface area contributed by atoms with Gasteiger partial charge < -0.3 is 9.47 Å². The molecule has 1 aliphatic rings. The van der Waals surface area contributed by atoms with Gasteiger partial charge in [0.25, 0.3) is 5.95 Å². The SMILES string of the molecule is CC(C)(C)OC(=O)N1C[C@H](F)C[C@H]1COc1c(I)ccnc1F. The molecule has 1 amide bonds. The second kappa shape index (κ2) is 7.14. The summed E-state index contributed by atoms with van der Waals surface area (Å²) in [5, 5.41) is 0. The van der Waals surface area contributed by atoms with Crippen LogP contribution in [0.5, 0.6) is 5.75 Å². The molecule has 0 N–H and O–H groups in total. The van der Waals surface area contributed by atoms with E-state index in [4.69, 9.17) is 9.47 Å². The van der Waals surface area contributed by atoms with E-state index >= 15 is 0 Å². The summed E-state index contributed by atoms with van der Waals surface area (Å²) in [6.45, 7) is 5.17. The van der Waals surface area contributed by atoms with Gasteiger partial charge in [-0.15, -0.1) is 0 Å². The largest absolute Gasteiger partial charge is 0.486 e. The molecule has 1 fully saturated rings. The number of aromatic nitrogens is 1. The molecule has 8 heteroatoms. The Morgan fingerprint density at radius 1 is 1.52 bits per heavy atom. The average Bonchev–Trinajstić information content (AvgIpc) is 2.77. The number of nitrogens with zero attached hydrogens (tertiary/aromatic N) is 2. The van der Waals surface area contributed by atoms with E-state index < -0.39 is 29.9 Å². The molecule has 1 saturated heterocycles. The molecule has 0 radical (unpaired) electrons. The van der Waals surface area contributed by atoms with Crippen molar-refractivity contribution in [1.82, 2.24) is 9.88 Å². The van der Waals surface area contributed by atoms with E-state index in [1.165, 1.54) is 11.1 Å². The third kappa shape index (κ3) is 4.89. The summed E-state index contributed by atoms with van der Waals surface area (Å²) in [4.78, 5) is 17.0. The average molecular weight is 440 g/mol. The Morgan fingerprint density at radius 2 is 2.22 bits per heavy atom. The molecule has 0 saturated carbocycles. The molecule has 1 aromatic rings. The molecule has 0 aliphatic carbocycles. The van der Waals surface area contributed by atoms with E-state index in [2.05, 4.69) is 4.98 Å². The van der Waals surface area contributed by atoms with E-state index in [0.717, 1.165) is 0 Å². The second-order valence-electron chi connectivity index (χ2n) is 6.34. The highest BCUT2D eigenvalue weighted by Crippen LogP contribution is 2.27. The lowest BCUT2D eigenvalue weighted by molar-refractivity contribution is 0.0179. The summed E-state index contributed by atoms with van der Waals surface area (Å²) < 4.78 is 38.7. The van der Waals surface area contributed by atoms with Gasteiger partial charge in [0.2, 0.25) is 0 Å². The summed E-state index contributed by atoms with van der Waals surface area (Å²) in [7, 11) is 0. The van der Waals surface area contributed by atoms with Crippen molar-refractivity contribution in [1.29, 1.82) is 0 Å². The highest BCUT2D eigenvalue weighted by molar-refractivity contribution is 14.1. The Kier molecular flexibility index (Phi) is 5.64. The number of ether oxygens (including phenoxy) is 2. The topological polar surface area (TPSA) is 51.7 Å². The number of carbonyl (C=O) groups is 1. The number of alkyl halides is 1. The zero-order valence-corrected chi connectivity index (χ0v) is 15.3. The number of hydrogen-bond donors (Lipinski definition) is 0. The molecule has 128 valence electrons. The van der Waals surface area contributed by atoms with E-state index in [-0.39, 0.29) is 25.3 Å². The summed E-state index contributed by atoms with van der Waals surface area (Å²) >= 11 is 1.93. The minimum atomic E-state index is -1.14. The van der Waals surface area contributed by atoms with Gasteiger partial charge in [-0.1, -0.05) is 0 Å². The molecule has 2 rings (SSSR count). The maximum atomic E-state index is 13.7. The molecular formula is C15H19F2IN2O3. The molecule has 5 nitrogen and oxygen atoms in total. The van der Waals surface area contributed by atoms with Crippen LogP contribution in [0.25, 0.3) is 0 Å². The number of rotatable bonds is 3. The number of amides is 1. The Labute approximate surface area is 147 Å². The highest BCUT2D eigenvalue weighted by atomic mass is 127. The predicted molar refractivity (Wildman–Crippen MR) is 88.6 cm³/mol. The van der Waals surface area contributed by atoms with Crippen molar-refractivity contribution in [2.24, 2.45) is 0 Å². The standard InChI is InChI=1S/C15H19F2IN2O3/c1-15(2,3)23-14(21)20-7-9(16)6-10(20)8-22-12-11(18)4-5-19-13(12)17/h4-5,9-10H,6-8H2,1-3H3/t9-,10+/m1/s1. The molecule has 0 spiro atoms. The summed E-state index contributed by atoms with van der Waals surface area (Å²) in [5.41, 5.74) is -0.665. The molecule has 2 heterocycles. The molecule has 1 aliphatic heterocycles. The van der Waals surface area contributed by atoms with Crippen molar-refractivity contribution in [3.8, 4) is 5.75 Å². The van der Waals surface area contributed by atoms with Gasteiger partial charge in [0.15, 0.2) is 5.75 Å². The smallest absolute Gasteiger partial charge is 0.410 e. The van der Waals surface area contributed by atoms with E-state index in [0.29, 0.717) is 3.57 Å². The van der Waals surface area contributed by atoms with Gasteiger partial charge >= 0.3 is 6.09 Å². The quantitative estimate of drug-likeness (QED) is 0.533. The Bertz CT molecular complexity index is 560. The Hall–Kier alpha value is -1.19. The van der Waals surface area contributed by atoms with Crippen LogP contribution in [0.3, 0.4) is 0 Å². The molecule has 2 atom stereocenters. The second-order valence-corrected chi connectivity index (χ2v) is 7.51. The van der Waals surface area contributed by atoms with Crippen molar-refractivity contribution in [2.75, 3.05) is 13.2 Å². The van der Waals surface area contributed by atoms with Crippen LogP contribution in [0.2, 0.25) is 0 Å². The van der Waals surface area contributed by atoms with Crippen molar-refractivity contribution in [3.05, 3.63) is 21.8 Å². The lowest BCUT2D eigenvalue weighted by Crippen LogP contribution is -2.42. The maximum Gasteiger partial charge on any atom is 0.410 e. The van der Waals surface area contributed by atoms with Gasteiger partial charge in [-0.2, -0.15) is 4.39 Å². The van der Waals surface area contributed by atoms with Crippen LogP contribution >= 0.6 is 22.6 Å². The van der Waals surface area contributed by atoms with Crippen LogP contribution in [0.4, 0.5) is 13.6 Å². The fourth-order valence-corrected chi connectivity index (χ4v) is 2.81. The van der Waals surface area contributed by atoms with E-state index in [9.17, 15) is 13.6 Å². The highest BCUT2D eigenvalue weighted by Gasteiger charge is 2.38.